The summed E-state index contributed by atoms with van der Waals surface area (Å²) in [7, 11) is 0. The largest absolute Gasteiger partial charge is 0.309 e. The molecule has 0 saturated carbocycles. The maximum Gasteiger partial charge on any atom is 0.133 e. The quantitative estimate of drug-likeness (QED) is 0.645. The van der Waals surface area contributed by atoms with Crippen LogP contribution < -0.4 is 5.73 Å². The first-order chi connectivity index (χ1) is 6.26. The zero-order chi connectivity index (χ0) is 9.31. The Morgan fingerprint density at radius 3 is 2.92 bits per heavy atom. The van der Waals surface area contributed by atoms with Gasteiger partial charge in [-0.3, -0.25) is 0 Å². The molecule has 0 bridgehead atoms. The van der Waals surface area contributed by atoms with Crippen LogP contribution in [0.5, 0.6) is 0 Å². The minimum absolute atomic E-state index is 0.598. The number of nitriles is 1. The van der Waals surface area contributed by atoms with Gasteiger partial charge in [-0.25, -0.2) is 0 Å². The van der Waals surface area contributed by atoms with Gasteiger partial charge in [0.05, 0.1) is 6.07 Å². The summed E-state index contributed by atoms with van der Waals surface area (Å²) in [6.45, 7) is 0. The van der Waals surface area contributed by atoms with Gasteiger partial charge in [0, 0.05) is 6.42 Å². The van der Waals surface area contributed by atoms with Crippen LogP contribution in [-0.2, 0) is 5.54 Å². The second-order valence-electron chi connectivity index (χ2n) is 3.28. The molecule has 0 spiro atoms. The lowest BCUT2D eigenvalue weighted by Crippen LogP contribution is -2.36. The van der Waals surface area contributed by atoms with Crippen LogP contribution in [0.4, 0.5) is 0 Å². The molecule has 13 heavy (non-hydrogen) atoms. The third-order valence-corrected chi connectivity index (χ3v) is 2.38. The van der Waals surface area contributed by atoms with Crippen LogP contribution in [0.3, 0.4) is 0 Å². The van der Waals surface area contributed by atoms with Gasteiger partial charge in [0.2, 0.25) is 0 Å². The molecule has 1 aromatic rings. The van der Waals surface area contributed by atoms with Crippen molar-refractivity contribution < 1.29 is 0 Å². The van der Waals surface area contributed by atoms with E-state index in [0.29, 0.717) is 6.42 Å². The highest BCUT2D eigenvalue weighted by Crippen LogP contribution is 2.30. The van der Waals surface area contributed by atoms with Crippen molar-refractivity contribution in [2.24, 2.45) is 5.73 Å². The number of hydrogen-bond donors (Lipinski definition) is 1. The van der Waals surface area contributed by atoms with Crippen molar-refractivity contribution in [1.29, 1.82) is 5.26 Å². The van der Waals surface area contributed by atoms with Gasteiger partial charge in [0.25, 0.3) is 0 Å². The zero-order valence-corrected chi connectivity index (χ0v) is 7.20. The molecule has 1 aromatic carbocycles. The van der Waals surface area contributed by atoms with Crippen LogP contribution in [0.1, 0.15) is 17.5 Å². The number of hydrogen-bond acceptors (Lipinski definition) is 2. The summed E-state index contributed by atoms with van der Waals surface area (Å²) in [5, 5.41) is 8.99. The number of nitrogens with two attached hydrogens (primary N) is 1. The SMILES string of the molecule is N#CC1(N)CC=Cc2ccccc21. The van der Waals surface area contributed by atoms with Gasteiger partial charge in [-0.05, 0) is 11.1 Å². The van der Waals surface area contributed by atoms with E-state index in [-0.39, 0.29) is 0 Å². The summed E-state index contributed by atoms with van der Waals surface area (Å²) >= 11 is 0. The smallest absolute Gasteiger partial charge is 0.133 e. The van der Waals surface area contributed by atoms with Crippen molar-refractivity contribution in [2.75, 3.05) is 0 Å². The van der Waals surface area contributed by atoms with Crippen molar-refractivity contribution >= 4 is 6.08 Å². The van der Waals surface area contributed by atoms with E-state index in [1.807, 2.05) is 36.4 Å². The molecule has 0 heterocycles. The van der Waals surface area contributed by atoms with Gasteiger partial charge in [0.1, 0.15) is 5.54 Å². The highest BCUT2D eigenvalue weighted by atomic mass is 14.7. The first-order valence-electron chi connectivity index (χ1n) is 4.22. The van der Waals surface area contributed by atoms with Gasteiger partial charge >= 0.3 is 0 Å². The van der Waals surface area contributed by atoms with Crippen LogP contribution >= 0.6 is 0 Å². The molecule has 1 aliphatic carbocycles. The van der Waals surface area contributed by atoms with Crippen molar-refractivity contribution in [1.82, 2.24) is 0 Å². The van der Waals surface area contributed by atoms with Crippen LogP contribution in [0.2, 0.25) is 0 Å². The molecule has 0 saturated heterocycles. The molecular formula is C11H10N2. The average Bonchev–Trinajstić information content (AvgIpc) is 2.19. The van der Waals surface area contributed by atoms with E-state index >= 15 is 0 Å². The second kappa shape index (κ2) is 2.72. The summed E-state index contributed by atoms with van der Waals surface area (Å²) < 4.78 is 0. The molecule has 0 amide bonds. The third kappa shape index (κ3) is 1.14. The Labute approximate surface area is 77.3 Å². The minimum atomic E-state index is -0.828. The summed E-state index contributed by atoms with van der Waals surface area (Å²) in [6.07, 6.45) is 4.56. The van der Waals surface area contributed by atoms with Crippen molar-refractivity contribution in [3.63, 3.8) is 0 Å². The molecular weight excluding hydrogens is 160 g/mol. The summed E-state index contributed by atoms with van der Waals surface area (Å²) in [4.78, 5) is 0. The molecule has 2 nitrogen and oxygen atoms in total. The highest BCUT2D eigenvalue weighted by molar-refractivity contribution is 5.60. The van der Waals surface area contributed by atoms with E-state index in [1.54, 1.807) is 0 Å². The molecule has 1 aliphatic rings. The molecule has 1 unspecified atom stereocenters. The zero-order valence-electron chi connectivity index (χ0n) is 7.20. The van der Waals surface area contributed by atoms with E-state index in [9.17, 15) is 0 Å². The minimum Gasteiger partial charge on any atom is -0.309 e. The topological polar surface area (TPSA) is 49.8 Å². The Balaban J connectivity index is 2.64. The van der Waals surface area contributed by atoms with Crippen molar-refractivity contribution in [3.05, 3.63) is 41.5 Å². The van der Waals surface area contributed by atoms with Crippen LogP contribution in [0.15, 0.2) is 30.3 Å². The average molecular weight is 170 g/mol. The van der Waals surface area contributed by atoms with Gasteiger partial charge in [-0.1, -0.05) is 36.4 Å². The highest BCUT2D eigenvalue weighted by Gasteiger charge is 2.29. The van der Waals surface area contributed by atoms with Crippen molar-refractivity contribution in [3.8, 4) is 6.07 Å². The Morgan fingerprint density at radius 2 is 2.15 bits per heavy atom. The predicted octanol–water partition coefficient (Wildman–Crippen LogP) is 1.78. The van der Waals surface area contributed by atoms with Gasteiger partial charge in [-0.2, -0.15) is 5.26 Å². The monoisotopic (exact) mass is 170 g/mol. The predicted molar refractivity (Wildman–Crippen MR) is 51.6 cm³/mol. The van der Waals surface area contributed by atoms with Crippen molar-refractivity contribution in [2.45, 2.75) is 12.0 Å². The number of benzene rings is 1. The maximum absolute atomic E-state index is 8.99. The number of rotatable bonds is 0. The fourth-order valence-corrected chi connectivity index (χ4v) is 1.64. The fourth-order valence-electron chi connectivity index (χ4n) is 1.64. The maximum atomic E-state index is 8.99. The molecule has 2 N–H and O–H groups in total. The van der Waals surface area contributed by atoms with Gasteiger partial charge < -0.3 is 5.73 Å². The number of nitrogens with zero attached hydrogens (tertiary/aromatic N) is 1. The standard InChI is InChI=1S/C11H10N2/c12-8-11(13)7-3-5-9-4-1-2-6-10(9)11/h1-6H,7,13H2. The molecule has 0 aromatic heterocycles. The molecule has 64 valence electrons. The van der Waals surface area contributed by atoms with E-state index < -0.39 is 5.54 Å². The molecule has 0 fully saturated rings. The lowest BCUT2D eigenvalue weighted by molar-refractivity contribution is 0.580. The van der Waals surface area contributed by atoms with E-state index in [2.05, 4.69) is 6.07 Å². The summed E-state index contributed by atoms with van der Waals surface area (Å²) in [5.41, 5.74) is 7.11. The van der Waals surface area contributed by atoms with Crippen LogP contribution in [0, 0.1) is 11.3 Å². The normalized spacial score (nSPS) is 24.9. The lowest BCUT2D eigenvalue weighted by atomic mass is 9.82. The van der Waals surface area contributed by atoms with E-state index in [0.717, 1.165) is 11.1 Å². The summed E-state index contributed by atoms with van der Waals surface area (Å²) in [5.74, 6) is 0. The van der Waals surface area contributed by atoms with Gasteiger partial charge in [0.15, 0.2) is 0 Å². The molecule has 2 heteroatoms. The molecule has 2 rings (SSSR count). The Bertz CT molecular complexity index is 401. The fraction of sp³-hybridized carbons (Fsp3) is 0.182. The first kappa shape index (κ1) is 8.03. The van der Waals surface area contributed by atoms with Crippen LogP contribution in [-0.4, -0.2) is 0 Å². The van der Waals surface area contributed by atoms with Gasteiger partial charge in [-0.15, -0.1) is 0 Å². The van der Waals surface area contributed by atoms with E-state index in [4.69, 9.17) is 11.0 Å². The molecule has 0 radical (unpaired) electrons. The molecule has 1 atom stereocenters. The molecule has 0 aliphatic heterocycles. The lowest BCUT2D eigenvalue weighted by Gasteiger charge is -2.25. The first-order valence-corrected chi connectivity index (χ1v) is 4.22. The number of fused-ring (bicyclic) bond motifs is 1. The summed E-state index contributed by atoms with van der Waals surface area (Å²) in [6, 6.07) is 9.92. The Hall–Kier alpha value is -1.59. The van der Waals surface area contributed by atoms with Crippen LogP contribution in [0.25, 0.3) is 6.08 Å². The van der Waals surface area contributed by atoms with E-state index in [1.165, 1.54) is 0 Å². The Morgan fingerprint density at radius 1 is 1.38 bits per heavy atom. The Kier molecular flexibility index (Phi) is 1.68. The second-order valence-corrected chi connectivity index (χ2v) is 3.28. The third-order valence-electron chi connectivity index (χ3n) is 2.38.